The molecule has 28 heavy (non-hydrogen) atoms. The molecule has 0 unspecified atom stereocenters. The van der Waals surface area contributed by atoms with E-state index in [0.29, 0.717) is 25.9 Å². The van der Waals surface area contributed by atoms with Gasteiger partial charge in [0.2, 0.25) is 10.0 Å². The zero-order chi connectivity index (χ0) is 19.5. The highest BCUT2D eigenvalue weighted by Gasteiger charge is 2.58. The van der Waals surface area contributed by atoms with Crippen molar-refractivity contribution in [3.8, 4) is 17.3 Å². The van der Waals surface area contributed by atoms with Crippen molar-refractivity contribution in [2.45, 2.75) is 31.4 Å². The second kappa shape index (κ2) is 6.14. The van der Waals surface area contributed by atoms with Crippen LogP contribution in [0.15, 0.2) is 36.8 Å². The Labute approximate surface area is 164 Å². The Kier molecular flexibility index (Phi) is 3.92. The van der Waals surface area contributed by atoms with Gasteiger partial charge in [0, 0.05) is 24.6 Å². The number of imidazole rings is 1. The normalized spacial score (nSPS) is 28.4. The van der Waals surface area contributed by atoms with E-state index in [1.54, 1.807) is 6.07 Å². The quantitative estimate of drug-likeness (QED) is 0.849. The van der Waals surface area contributed by atoms with E-state index in [1.807, 2.05) is 24.7 Å². The van der Waals surface area contributed by atoms with Crippen molar-refractivity contribution in [2.24, 2.45) is 11.3 Å². The van der Waals surface area contributed by atoms with Crippen LogP contribution in [0.2, 0.25) is 0 Å². The topological polar surface area (TPSA) is 99.2 Å². The number of rotatable bonds is 3. The average molecular weight is 398 g/mol. The fraction of sp³-hybridized carbons (Fsp3) is 0.500. The van der Waals surface area contributed by atoms with Gasteiger partial charge in [-0.3, -0.25) is 0 Å². The van der Waals surface area contributed by atoms with Gasteiger partial charge in [0.1, 0.15) is 0 Å². The maximum atomic E-state index is 12.1. The first-order valence-corrected chi connectivity index (χ1v) is 11.2. The van der Waals surface area contributed by atoms with Crippen LogP contribution in [0.25, 0.3) is 11.3 Å². The highest BCUT2D eigenvalue weighted by Crippen LogP contribution is 2.59. The van der Waals surface area contributed by atoms with Crippen LogP contribution in [-0.2, 0) is 10.0 Å². The highest BCUT2D eigenvalue weighted by atomic mass is 32.2. The second-order valence-corrected chi connectivity index (χ2v) is 10.2. The molecule has 0 radical (unpaired) electrons. The Bertz CT molecular complexity index is 1060. The summed E-state index contributed by atoms with van der Waals surface area (Å²) in [5.74, 6) is -0.383. The number of fused-ring (bicyclic) bond motifs is 3. The number of aliphatic hydroxyl groups is 1. The number of hydrogen-bond acceptors (Lipinski definition) is 5. The monoisotopic (exact) mass is 398 g/mol. The summed E-state index contributed by atoms with van der Waals surface area (Å²) < 4.78 is 27.8. The van der Waals surface area contributed by atoms with Crippen molar-refractivity contribution >= 4 is 10.0 Å². The highest BCUT2D eigenvalue weighted by molar-refractivity contribution is 7.89. The third-order valence-electron chi connectivity index (χ3n) is 6.96. The molecule has 5 rings (SSSR count). The molecule has 1 aromatic heterocycles. The first kappa shape index (κ1) is 17.9. The molecule has 0 bridgehead atoms. The van der Waals surface area contributed by atoms with E-state index >= 15 is 0 Å². The Hall–Kier alpha value is -2.21. The predicted molar refractivity (Wildman–Crippen MR) is 103 cm³/mol. The van der Waals surface area contributed by atoms with Gasteiger partial charge in [-0.2, -0.15) is 5.26 Å². The summed E-state index contributed by atoms with van der Waals surface area (Å²) in [6, 6.07) is 10.1. The van der Waals surface area contributed by atoms with Crippen LogP contribution in [0.4, 0.5) is 0 Å². The van der Waals surface area contributed by atoms with Gasteiger partial charge in [-0.15, -0.1) is 0 Å². The Morgan fingerprint density at radius 1 is 1.29 bits per heavy atom. The van der Waals surface area contributed by atoms with Gasteiger partial charge in [0.15, 0.2) is 5.75 Å². The number of nitriles is 1. The summed E-state index contributed by atoms with van der Waals surface area (Å²) >= 11 is 0. The fourth-order valence-electron chi connectivity index (χ4n) is 5.47. The van der Waals surface area contributed by atoms with Gasteiger partial charge in [0.25, 0.3) is 0 Å². The van der Waals surface area contributed by atoms with Gasteiger partial charge in [-0.1, -0.05) is 24.3 Å². The lowest BCUT2D eigenvalue weighted by Gasteiger charge is -2.57. The molecule has 7 nitrogen and oxygen atoms in total. The number of nitrogens with zero attached hydrogens (tertiary/aromatic N) is 4. The molecule has 146 valence electrons. The number of aliphatic hydroxyl groups excluding tert-OH is 1. The molecule has 1 aromatic carbocycles. The number of aromatic nitrogens is 2. The van der Waals surface area contributed by atoms with Crippen molar-refractivity contribution in [1.82, 2.24) is 13.9 Å². The minimum atomic E-state index is -3.51. The van der Waals surface area contributed by atoms with Crippen molar-refractivity contribution in [2.75, 3.05) is 18.8 Å². The SMILES string of the molecule is N#CCS(=O)(=O)N1CCC2(CC1)C[C@H]([C@H]1c3ccccc3-c3cncn31)[C@H]2O. The largest absolute Gasteiger partial charge is 0.392 e. The zero-order valence-corrected chi connectivity index (χ0v) is 16.2. The summed E-state index contributed by atoms with van der Waals surface area (Å²) in [4.78, 5) is 4.30. The second-order valence-electron chi connectivity index (χ2n) is 8.21. The van der Waals surface area contributed by atoms with Gasteiger partial charge >= 0.3 is 0 Å². The fourth-order valence-corrected chi connectivity index (χ4v) is 6.56. The summed E-state index contributed by atoms with van der Waals surface area (Å²) in [5.41, 5.74) is 3.27. The molecule has 1 saturated carbocycles. The third-order valence-corrected chi connectivity index (χ3v) is 8.61. The maximum Gasteiger partial charge on any atom is 0.227 e. The van der Waals surface area contributed by atoms with E-state index in [2.05, 4.69) is 21.7 Å². The van der Waals surface area contributed by atoms with E-state index in [-0.39, 0.29) is 17.4 Å². The van der Waals surface area contributed by atoms with E-state index in [1.165, 1.54) is 15.4 Å². The van der Waals surface area contributed by atoms with E-state index < -0.39 is 21.9 Å². The van der Waals surface area contributed by atoms with Crippen molar-refractivity contribution in [3.05, 3.63) is 42.4 Å². The molecule has 2 aromatic rings. The summed E-state index contributed by atoms with van der Waals surface area (Å²) in [7, 11) is -3.51. The molecular weight excluding hydrogens is 376 g/mol. The summed E-state index contributed by atoms with van der Waals surface area (Å²) in [6.45, 7) is 0.761. The Balaban J connectivity index is 1.35. The average Bonchev–Trinajstić information content (AvgIpc) is 3.27. The number of piperidine rings is 1. The predicted octanol–water partition coefficient (Wildman–Crippen LogP) is 1.77. The van der Waals surface area contributed by atoms with Crippen LogP contribution in [0.1, 0.15) is 30.9 Å². The minimum absolute atomic E-state index is 0.0784. The summed E-state index contributed by atoms with van der Waals surface area (Å²) in [5, 5.41) is 19.9. The number of sulfonamides is 1. The first-order chi connectivity index (χ1) is 13.5. The third kappa shape index (κ3) is 2.40. The van der Waals surface area contributed by atoms with Crippen molar-refractivity contribution in [3.63, 3.8) is 0 Å². The van der Waals surface area contributed by atoms with Crippen LogP contribution in [-0.4, -0.2) is 52.3 Å². The van der Waals surface area contributed by atoms with E-state index in [4.69, 9.17) is 5.26 Å². The van der Waals surface area contributed by atoms with Crippen LogP contribution in [0, 0.1) is 22.7 Å². The molecule has 1 N–H and O–H groups in total. The molecule has 8 heteroatoms. The Morgan fingerprint density at radius 2 is 2.04 bits per heavy atom. The lowest BCUT2D eigenvalue weighted by atomic mass is 9.53. The molecule has 1 spiro atoms. The molecule has 3 aliphatic rings. The standard InChI is InChI=1S/C20H22N4O3S/c21-7-10-28(26,27)23-8-5-20(6-9-23)11-16(19(20)25)18-15-4-2-1-3-14(15)17-12-22-13-24(17)18/h1-4,12-13,16,18-19,25H,5-6,8-11H2/t16-,18-,19-/m1/s1. The first-order valence-electron chi connectivity index (χ1n) is 9.61. The van der Waals surface area contributed by atoms with Gasteiger partial charge in [-0.05, 0) is 30.2 Å². The molecule has 3 heterocycles. The van der Waals surface area contributed by atoms with Crippen molar-refractivity contribution < 1.29 is 13.5 Å². The maximum absolute atomic E-state index is 12.1. The van der Waals surface area contributed by atoms with Crippen molar-refractivity contribution in [1.29, 1.82) is 5.26 Å². The number of hydrogen-bond donors (Lipinski definition) is 1. The van der Waals surface area contributed by atoms with E-state index in [0.717, 1.165) is 12.1 Å². The molecule has 1 aliphatic carbocycles. The zero-order valence-electron chi connectivity index (χ0n) is 15.4. The molecule has 1 saturated heterocycles. The summed E-state index contributed by atoms with van der Waals surface area (Å²) in [6.07, 6.45) is 5.39. The van der Waals surface area contributed by atoms with Gasteiger partial charge in [-0.25, -0.2) is 17.7 Å². The lowest BCUT2D eigenvalue weighted by molar-refractivity contribution is -0.152. The molecular formula is C20H22N4O3S. The Morgan fingerprint density at radius 3 is 2.75 bits per heavy atom. The molecule has 2 aliphatic heterocycles. The van der Waals surface area contributed by atoms with Crippen LogP contribution < -0.4 is 0 Å². The smallest absolute Gasteiger partial charge is 0.227 e. The minimum Gasteiger partial charge on any atom is -0.392 e. The lowest BCUT2D eigenvalue weighted by Crippen LogP contribution is -2.60. The van der Waals surface area contributed by atoms with Gasteiger partial charge < -0.3 is 9.67 Å². The molecule has 0 amide bonds. The van der Waals surface area contributed by atoms with Crippen LogP contribution in [0.5, 0.6) is 0 Å². The molecule has 3 atom stereocenters. The van der Waals surface area contributed by atoms with E-state index in [9.17, 15) is 13.5 Å². The number of benzene rings is 1. The van der Waals surface area contributed by atoms with Gasteiger partial charge in [0.05, 0.1) is 36.4 Å². The van der Waals surface area contributed by atoms with Crippen LogP contribution >= 0.6 is 0 Å². The van der Waals surface area contributed by atoms with Crippen LogP contribution in [0.3, 0.4) is 0 Å². The molecule has 2 fully saturated rings.